The van der Waals surface area contributed by atoms with Crippen molar-refractivity contribution in [1.29, 1.82) is 0 Å². The molecule has 1 rings (SSSR count). The Morgan fingerprint density at radius 3 is 2.71 bits per heavy atom. The van der Waals surface area contributed by atoms with Gasteiger partial charge >= 0.3 is 0 Å². The van der Waals surface area contributed by atoms with Crippen molar-refractivity contribution in [3.8, 4) is 0 Å². The Morgan fingerprint density at radius 2 is 2.21 bits per heavy atom. The van der Waals surface area contributed by atoms with Crippen LogP contribution in [0.4, 0.5) is 0 Å². The number of ketones is 1. The third-order valence-electron chi connectivity index (χ3n) is 1.91. The first kappa shape index (κ1) is 10.5. The molecule has 0 spiro atoms. The number of amides is 1. The quantitative estimate of drug-likeness (QED) is 0.725. The van der Waals surface area contributed by atoms with Crippen LogP contribution in [0.15, 0.2) is 18.5 Å². The average Bonchev–Trinajstić information content (AvgIpc) is 2.55. The molecule has 1 heterocycles. The minimum atomic E-state index is -0.140. The van der Waals surface area contributed by atoms with Gasteiger partial charge in [-0.25, -0.2) is 0 Å². The van der Waals surface area contributed by atoms with Crippen LogP contribution in [0.1, 0.15) is 18.9 Å². The lowest BCUT2D eigenvalue weighted by Crippen LogP contribution is -2.27. The lowest BCUT2D eigenvalue weighted by atomic mass is 10.2. The highest BCUT2D eigenvalue weighted by atomic mass is 16.2. The van der Waals surface area contributed by atoms with E-state index < -0.39 is 0 Å². The number of hydrogen-bond donors (Lipinski definition) is 1. The minimum absolute atomic E-state index is 0.0130. The molecule has 1 aromatic heterocycles. The predicted octanol–water partition coefficient (Wildman–Crippen LogP) is 0.952. The second-order valence-corrected chi connectivity index (χ2v) is 3.35. The van der Waals surface area contributed by atoms with Crippen LogP contribution in [0, 0.1) is 0 Å². The van der Waals surface area contributed by atoms with Crippen molar-refractivity contribution in [2.45, 2.75) is 19.9 Å². The average molecular weight is 194 g/mol. The van der Waals surface area contributed by atoms with Crippen LogP contribution in [0.5, 0.6) is 0 Å². The van der Waals surface area contributed by atoms with E-state index in [-0.39, 0.29) is 18.1 Å². The van der Waals surface area contributed by atoms with Crippen molar-refractivity contribution in [3.05, 3.63) is 24.0 Å². The zero-order valence-corrected chi connectivity index (χ0v) is 8.41. The minimum Gasteiger partial charge on any atom is -0.367 e. The summed E-state index contributed by atoms with van der Waals surface area (Å²) in [7, 11) is 1.69. The zero-order valence-electron chi connectivity index (χ0n) is 8.41. The van der Waals surface area contributed by atoms with Crippen LogP contribution in [0.3, 0.4) is 0 Å². The van der Waals surface area contributed by atoms with E-state index in [0.29, 0.717) is 6.54 Å². The van der Waals surface area contributed by atoms with Crippen molar-refractivity contribution in [2.75, 3.05) is 7.05 Å². The van der Waals surface area contributed by atoms with E-state index >= 15 is 0 Å². The molecule has 0 unspecified atom stereocenters. The van der Waals surface area contributed by atoms with Crippen LogP contribution in [0.2, 0.25) is 0 Å². The molecule has 0 aliphatic carbocycles. The topological polar surface area (TPSA) is 53.2 Å². The summed E-state index contributed by atoms with van der Waals surface area (Å²) in [6.45, 7) is 1.96. The number of aromatic nitrogens is 1. The Kier molecular flexibility index (Phi) is 3.45. The Morgan fingerprint density at radius 1 is 1.50 bits per heavy atom. The van der Waals surface area contributed by atoms with E-state index in [2.05, 4.69) is 4.98 Å². The number of carbonyl (C=O) groups excluding carboxylic acids is 2. The second-order valence-electron chi connectivity index (χ2n) is 3.35. The third kappa shape index (κ3) is 3.05. The fourth-order valence-electron chi connectivity index (χ4n) is 1.17. The first-order chi connectivity index (χ1) is 6.59. The summed E-state index contributed by atoms with van der Waals surface area (Å²) in [6, 6.07) is 1.90. The summed E-state index contributed by atoms with van der Waals surface area (Å²) in [6.07, 6.45) is 3.62. The summed E-state index contributed by atoms with van der Waals surface area (Å²) < 4.78 is 0. The van der Waals surface area contributed by atoms with Gasteiger partial charge in [-0.05, 0) is 18.6 Å². The summed E-state index contributed by atoms with van der Waals surface area (Å²) in [5.41, 5.74) is 1.03. The SMILES string of the molecule is CC(=O)CC(=O)N(C)Cc1cc[nH]c1. The van der Waals surface area contributed by atoms with Crippen molar-refractivity contribution in [2.24, 2.45) is 0 Å². The summed E-state index contributed by atoms with van der Waals surface area (Å²) in [5, 5.41) is 0. The van der Waals surface area contributed by atoms with Crippen LogP contribution < -0.4 is 0 Å². The van der Waals surface area contributed by atoms with Crippen molar-refractivity contribution in [1.82, 2.24) is 9.88 Å². The predicted molar refractivity (Wildman–Crippen MR) is 52.6 cm³/mol. The van der Waals surface area contributed by atoms with E-state index in [1.165, 1.54) is 6.92 Å². The van der Waals surface area contributed by atoms with Crippen LogP contribution in [0.25, 0.3) is 0 Å². The maximum atomic E-state index is 11.4. The summed E-state index contributed by atoms with van der Waals surface area (Å²) in [4.78, 5) is 26.5. The maximum absolute atomic E-state index is 11.4. The highest BCUT2D eigenvalue weighted by Crippen LogP contribution is 2.02. The molecule has 0 saturated heterocycles. The van der Waals surface area contributed by atoms with Gasteiger partial charge < -0.3 is 9.88 Å². The zero-order chi connectivity index (χ0) is 10.6. The fraction of sp³-hybridized carbons (Fsp3) is 0.400. The van der Waals surface area contributed by atoms with Crippen molar-refractivity contribution < 1.29 is 9.59 Å². The lowest BCUT2D eigenvalue weighted by Gasteiger charge is -2.15. The maximum Gasteiger partial charge on any atom is 0.230 e. The van der Waals surface area contributed by atoms with Gasteiger partial charge in [0.15, 0.2) is 0 Å². The number of rotatable bonds is 4. The molecule has 14 heavy (non-hydrogen) atoms. The van der Waals surface area contributed by atoms with Crippen LogP contribution in [-0.2, 0) is 16.1 Å². The first-order valence-electron chi connectivity index (χ1n) is 4.44. The molecule has 1 aromatic rings. The lowest BCUT2D eigenvalue weighted by molar-refractivity contribution is -0.134. The largest absolute Gasteiger partial charge is 0.367 e. The molecule has 0 aliphatic rings. The molecule has 1 amide bonds. The highest BCUT2D eigenvalue weighted by molar-refractivity contribution is 5.96. The van der Waals surface area contributed by atoms with Gasteiger partial charge in [0.1, 0.15) is 5.78 Å². The van der Waals surface area contributed by atoms with Gasteiger partial charge in [0, 0.05) is 26.0 Å². The molecule has 0 atom stereocenters. The number of nitrogens with one attached hydrogen (secondary N) is 1. The number of H-pyrrole nitrogens is 1. The molecule has 0 aliphatic heterocycles. The van der Waals surface area contributed by atoms with Crippen molar-refractivity contribution in [3.63, 3.8) is 0 Å². The molecule has 4 nitrogen and oxygen atoms in total. The number of nitrogens with zero attached hydrogens (tertiary/aromatic N) is 1. The number of carbonyl (C=O) groups is 2. The van der Waals surface area contributed by atoms with E-state index in [4.69, 9.17) is 0 Å². The summed E-state index contributed by atoms with van der Waals surface area (Å²) >= 11 is 0. The van der Waals surface area contributed by atoms with E-state index in [0.717, 1.165) is 5.56 Å². The number of aromatic amines is 1. The van der Waals surface area contributed by atoms with Crippen LogP contribution >= 0.6 is 0 Å². The Bertz CT molecular complexity index is 317. The Labute approximate surface area is 82.9 Å². The monoisotopic (exact) mass is 194 g/mol. The van der Waals surface area contributed by atoms with E-state index in [1.54, 1.807) is 18.1 Å². The van der Waals surface area contributed by atoms with E-state index in [9.17, 15) is 9.59 Å². The molecule has 0 radical (unpaired) electrons. The Balaban J connectivity index is 2.46. The molecule has 0 saturated carbocycles. The van der Waals surface area contributed by atoms with Gasteiger partial charge in [0.2, 0.25) is 5.91 Å². The second kappa shape index (κ2) is 4.60. The smallest absolute Gasteiger partial charge is 0.230 e. The third-order valence-corrected chi connectivity index (χ3v) is 1.91. The van der Waals surface area contributed by atoms with Gasteiger partial charge in [-0.2, -0.15) is 0 Å². The highest BCUT2D eigenvalue weighted by Gasteiger charge is 2.11. The van der Waals surface area contributed by atoms with E-state index in [1.807, 2.05) is 12.3 Å². The summed E-state index contributed by atoms with van der Waals surface area (Å²) in [5.74, 6) is -0.241. The molecule has 0 aromatic carbocycles. The molecule has 76 valence electrons. The number of hydrogen-bond acceptors (Lipinski definition) is 2. The molecule has 1 N–H and O–H groups in total. The van der Waals surface area contributed by atoms with Gasteiger partial charge in [-0.15, -0.1) is 0 Å². The van der Waals surface area contributed by atoms with Gasteiger partial charge in [0.05, 0.1) is 6.42 Å². The molecule has 0 bridgehead atoms. The first-order valence-corrected chi connectivity index (χ1v) is 4.44. The molecular weight excluding hydrogens is 180 g/mol. The van der Waals surface area contributed by atoms with Gasteiger partial charge in [0.25, 0.3) is 0 Å². The fourth-order valence-corrected chi connectivity index (χ4v) is 1.17. The number of Topliss-reactive ketones (excluding diaryl/α,β-unsaturated/α-hetero) is 1. The molecule has 0 fully saturated rings. The Hall–Kier alpha value is -1.58. The molecular formula is C10H14N2O2. The standard InChI is InChI=1S/C10H14N2O2/c1-8(13)5-10(14)12(2)7-9-3-4-11-6-9/h3-4,6,11H,5,7H2,1-2H3. The van der Waals surface area contributed by atoms with Gasteiger partial charge in [-0.3, -0.25) is 9.59 Å². The van der Waals surface area contributed by atoms with Crippen LogP contribution in [-0.4, -0.2) is 28.6 Å². The van der Waals surface area contributed by atoms with Gasteiger partial charge in [-0.1, -0.05) is 0 Å². The normalized spacial score (nSPS) is 9.86. The molecule has 4 heteroatoms. The van der Waals surface area contributed by atoms with Crippen molar-refractivity contribution >= 4 is 11.7 Å².